The molecule has 0 aromatic carbocycles. The number of β-amino-alcohol motifs (C(OH)–C–C–N with tert-alkyl or cyclic N) is 1. The largest absolute Gasteiger partial charge is 0.434 e. The fraction of sp³-hybridized carbons (Fsp3) is 0.615. The Morgan fingerprint density at radius 3 is 2.48 bits per heavy atom. The molecule has 2 heterocycles. The molecule has 130 valence electrons. The van der Waals surface area contributed by atoms with E-state index in [0.29, 0.717) is 25.6 Å². The maximum absolute atomic E-state index is 11.8. The lowest BCUT2D eigenvalue weighted by Gasteiger charge is -2.33. The van der Waals surface area contributed by atoms with E-state index in [4.69, 9.17) is 10.8 Å². The van der Waals surface area contributed by atoms with Gasteiger partial charge in [0.25, 0.3) is 0 Å². The molecule has 23 heavy (non-hydrogen) atoms. The number of aromatic nitrogens is 2. The lowest BCUT2D eigenvalue weighted by Crippen LogP contribution is -2.48. The first-order valence-electron chi connectivity index (χ1n) is 6.93. The third kappa shape index (κ3) is 5.99. The van der Waals surface area contributed by atoms with Crippen LogP contribution >= 0.6 is 0 Å². The van der Waals surface area contributed by atoms with E-state index in [9.17, 15) is 23.1 Å². The number of hydrogen-bond donors (Lipinski definition) is 3. The lowest BCUT2D eigenvalue weighted by atomic mass is 10.1. The number of aliphatic hydroxyl groups is 2. The molecule has 1 aliphatic heterocycles. The number of aliphatic hydroxyl groups excluding tert-OH is 2. The number of anilines is 1. The van der Waals surface area contributed by atoms with Gasteiger partial charge in [0.15, 0.2) is 5.69 Å². The Morgan fingerprint density at radius 1 is 1.39 bits per heavy atom. The maximum Gasteiger partial charge on any atom is 0.434 e. The highest BCUT2D eigenvalue weighted by atomic mass is 19.4. The van der Waals surface area contributed by atoms with E-state index in [0.717, 1.165) is 6.20 Å². The molecule has 1 aromatic rings. The first-order valence-corrected chi connectivity index (χ1v) is 6.93. The van der Waals surface area contributed by atoms with Crippen molar-refractivity contribution in [1.29, 1.82) is 0 Å². The van der Waals surface area contributed by atoms with Crippen LogP contribution in [0.3, 0.4) is 0 Å². The normalized spacial score (nSPS) is 21.4. The maximum atomic E-state index is 11.8. The summed E-state index contributed by atoms with van der Waals surface area (Å²) in [7, 11) is 0. The number of likely N-dealkylation sites (tertiary alicyclic amines) is 1. The molecule has 1 fully saturated rings. The van der Waals surface area contributed by atoms with Crippen LogP contribution in [0.1, 0.15) is 25.5 Å². The number of carbonyl (C=O) groups excluding carboxylic acids is 1. The monoisotopic (exact) mass is 336 g/mol. The zero-order valence-corrected chi connectivity index (χ0v) is 12.5. The molecule has 4 N–H and O–H groups in total. The number of piperidine rings is 1. The van der Waals surface area contributed by atoms with Crippen molar-refractivity contribution in [1.82, 2.24) is 14.9 Å². The van der Waals surface area contributed by atoms with E-state index in [2.05, 4.69) is 9.97 Å². The first-order chi connectivity index (χ1) is 10.6. The van der Waals surface area contributed by atoms with Gasteiger partial charge in [0, 0.05) is 19.5 Å². The average molecular weight is 336 g/mol. The molecule has 0 spiro atoms. The van der Waals surface area contributed by atoms with Crippen LogP contribution in [0.15, 0.2) is 12.4 Å². The molecule has 0 saturated carbocycles. The smallest absolute Gasteiger partial charge is 0.390 e. The third-order valence-corrected chi connectivity index (χ3v) is 3.15. The van der Waals surface area contributed by atoms with Crippen molar-refractivity contribution in [3.8, 4) is 0 Å². The quantitative estimate of drug-likeness (QED) is 0.685. The van der Waals surface area contributed by atoms with E-state index in [1.165, 1.54) is 0 Å². The lowest BCUT2D eigenvalue weighted by molar-refractivity contribution is -0.141. The number of nitrogens with two attached hydrogens (primary N) is 1. The molecule has 1 amide bonds. The average Bonchev–Trinajstić information content (AvgIpc) is 2.49. The zero-order valence-electron chi connectivity index (χ0n) is 12.5. The van der Waals surface area contributed by atoms with Gasteiger partial charge in [0.05, 0.1) is 24.6 Å². The standard InChI is InChI=1S/C8H15NO3.C5H4F3N3/c1-2-8(12)9-4-3-6(10)7(11)5-9;6-5(7,8)3-1-10-2-4(9)11-3/h6-7,10-11H,2-5H2,1H3;1-2H,(H2,9,11). The molecule has 7 nitrogen and oxygen atoms in total. The van der Waals surface area contributed by atoms with Crippen molar-refractivity contribution >= 4 is 11.7 Å². The Balaban J connectivity index is 0.000000231. The Kier molecular flexibility index (Phi) is 6.70. The molecule has 0 bridgehead atoms. The summed E-state index contributed by atoms with van der Waals surface area (Å²) in [5, 5.41) is 18.4. The molecule has 1 saturated heterocycles. The third-order valence-electron chi connectivity index (χ3n) is 3.15. The van der Waals surface area contributed by atoms with Crippen LogP contribution in [0.4, 0.5) is 19.0 Å². The fourth-order valence-corrected chi connectivity index (χ4v) is 1.89. The number of nitrogens with zero attached hydrogens (tertiary/aromatic N) is 3. The number of rotatable bonds is 1. The second-order valence-electron chi connectivity index (χ2n) is 4.94. The van der Waals surface area contributed by atoms with Gasteiger partial charge in [-0.05, 0) is 6.42 Å². The van der Waals surface area contributed by atoms with Gasteiger partial charge < -0.3 is 20.8 Å². The second-order valence-corrected chi connectivity index (χ2v) is 4.94. The van der Waals surface area contributed by atoms with E-state index >= 15 is 0 Å². The number of amides is 1. The van der Waals surface area contributed by atoms with Gasteiger partial charge in [-0.3, -0.25) is 9.78 Å². The van der Waals surface area contributed by atoms with Crippen LogP contribution in [0, 0.1) is 0 Å². The molecular weight excluding hydrogens is 317 g/mol. The van der Waals surface area contributed by atoms with Crippen LogP contribution in [-0.4, -0.2) is 56.3 Å². The van der Waals surface area contributed by atoms with Gasteiger partial charge in [-0.1, -0.05) is 6.92 Å². The molecule has 2 atom stereocenters. The van der Waals surface area contributed by atoms with Gasteiger partial charge in [-0.25, -0.2) is 4.98 Å². The van der Waals surface area contributed by atoms with Crippen LogP contribution in [0.2, 0.25) is 0 Å². The van der Waals surface area contributed by atoms with E-state index in [1.54, 1.807) is 11.8 Å². The van der Waals surface area contributed by atoms with Crippen molar-refractivity contribution in [2.24, 2.45) is 0 Å². The SMILES string of the molecule is CCC(=O)N1CCC(O)C(O)C1.Nc1cncc(C(F)(F)F)n1. The van der Waals surface area contributed by atoms with Crippen molar-refractivity contribution < 1.29 is 28.2 Å². The van der Waals surface area contributed by atoms with Gasteiger partial charge in [-0.2, -0.15) is 13.2 Å². The number of hydrogen-bond acceptors (Lipinski definition) is 6. The number of nitrogen functional groups attached to an aromatic ring is 1. The predicted octanol–water partition coefficient (Wildman–Crippen LogP) is 0.428. The number of carbonyl (C=O) groups is 1. The summed E-state index contributed by atoms with van der Waals surface area (Å²) < 4.78 is 35.4. The van der Waals surface area contributed by atoms with Crippen molar-refractivity contribution in [3.05, 3.63) is 18.1 Å². The van der Waals surface area contributed by atoms with Crippen LogP contribution < -0.4 is 5.73 Å². The number of alkyl halides is 3. The Morgan fingerprint density at radius 2 is 2.04 bits per heavy atom. The van der Waals surface area contributed by atoms with Gasteiger partial charge in [0.2, 0.25) is 5.91 Å². The summed E-state index contributed by atoms with van der Waals surface area (Å²) in [5.74, 6) is -0.194. The summed E-state index contributed by atoms with van der Waals surface area (Å²) in [6, 6.07) is 0. The predicted molar refractivity (Wildman–Crippen MR) is 74.9 cm³/mol. The first kappa shape index (κ1) is 19.1. The molecule has 0 aliphatic carbocycles. The van der Waals surface area contributed by atoms with Crippen molar-refractivity contribution in [2.45, 2.75) is 38.1 Å². The minimum Gasteiger partial charge on any atom is -0.390 e. The highest BCUT2D eigenvalue weighted by Gasteiger charge is 2.32. The van der Waals surface area contributed by atoms with E-state index in [1.807, 2.05) is 0 Å². The molecule has 1 aromatic heterocycles. The summed E-state index contributed by atoms with van der Waals surface area (Å²) in [5.41, 5.74) is 3.91. The minimum absolute atomic E-state index is 0.0425. The van der Waals surface area contributed by atoms with Gasteiger partial charge in [0.1, 0.15) is 5.82 Å². The van der Waals surface area contributed by atoms with Crippen LogP contribution in [-0.2, 0) is 11.0 Å². The molecule has 1 aliphatic rings. The Labute approximate surface area is 131 Å². The molecule has 10 heteroatoms. The highest BCUT2D eigenvalue weighted by Crippen LogP contribution is 2.26. The summed E-state index contributed by atoms with van der Waals surface area (Å²) in [4.78, 5) is 19.0. The van der Waals surface area contributed by atoms with Crippen molar-refractivity contribution in [2.75, 3.05) is 18.8 Å². The fourth-order valence-electron chi connectivity index (χ4n) is 1.89. The van der Waals surface area contributed by atoms with Crippen LogP contribution in [0.25, 0.3) is 0 Å². The van der Waals surface area contributed by atoms with Gasteiger partial charge in [-0.15, -0.1) is 0 Å². The highest BCUT2D eigenvalue weighted by molar-refractivity contribution is 5.75. The number of halogens is 3. The van der Waals surface area contributed by atoms with Crippen molar-refractivity contribution in [3.63, 3.8) is 0 Å². The molecule has 2 unspecified atom stereocenters. The Hall–Kier alpha value is -1.94. The summed E-state index contributed by atoms with van der Waals surface area (Å²) >= 11 is 0. The molecule has 2 rings (SSSR count). The molecule has 0 radical (unpaired) electrons. The van der Waals surface area contributed by atoms with E-state index < -0.39 is 24.1 Å². The molecular formula is C13H19F3N4O3. The summed E-state index contributed by atoms with van der Waals surface area (Å²) in [6.45, 7) is 2.62. The second kappa shape index (κ2) is 8.06. The van der Waals surface area contributed by atoms with Gasteiger partial charge >= 0.3 is 6.18 Å². The van der Waals surface area contributed by atoms with Crippen LogP contribution in [0.5, 0.6) is 0 Å². The van der Waals surface area contributed by atoms with E-state index in [-0.39, 0.29) is 18.3 Å². The Bertz CT molecular complexity index is 527. The topological polar surface area (TPSA) is 113 Å². The zero-order chi connectivity index (χ0) is 17.6. The minimum atomic E-state index is -4.47. The summed E-state index contributed by atoms with van der Waals surface area (Å²) in [6.07, 6.45) is -3.29.